The smallest absolute Gasteiger partial charge is 0.350 e. The van der Waals surface area contributed by atoms with E-state index in [1.54, 1.807) is 39.4 Å². The molecule has 3 aromatic rings. The molecule has 0 aliphatic heterocycles. The van der Waals surface area contributed by atoms with Gasteiger partial charge in [0.05, 0.1) is 5.56 Å². The third-order valence-electron chi connectivity index (χ3n) is 6.16. The fourth-order valence-electron chi connectivity index (χ4n) is 3.42. The Balaban J connectivity index is 0.000000418. The van der Waals surface area contributed by atoms with Crippen LogP contribution in [-0.2, 0) is 9.53 Å². The molecule has 0 saturated heterocycles. The van der Waals surface area contributed by atoms with Crippen LogP contribution in [0.25, 0.3) is 0 Å². The van der Waals surface area contributed by atoms with Gasteiger partial charge in [-0.2, -0.15) is 4.39 Å². The Hall–Kier alpha value is -4.09. The van der Waals surface area contributed by atoms with Crippen LogP contribution in [0.2, 0.25) is 0 Å². The molecule has 0 fully saturated rings. The van der Waals surface area contributed by atoms with Gasteiger partial charge >= 0.3 is 11.7 Å². The monoisotopic (exact) mass is 617 g/mol. The quantitative estimate of drug-likeness (QED) is 0.124. The molecule has 1 amide bonds. The number of hydrogen-bond acceptors (Lipinski definition) is 9. The highest BCUT2D eigenvalue weighted by Gasteiger charge is 2.26. The molecule has 2 unspecified atom stereocenters. The fraction of sp³-hybridized carbons (Fsp3) is 0.375. The number of ether oxygens (including phenoxy) is 2. The van der Waals surface area contributed by atoms with E-state index in [0.29, 0.717) is 30.8 Å². The number of carbonyl (C=O) groups excluding carboxylic acids is 3. The largest absolute Gasteiger partial charge is 0.507 e. The number of ketones is 1. The molecule has 3 rings (SSSR count). The van der Waals surface area contributed by atoms with Gasteiger partial charge in [0.2, 0.25) is 6.41 Å². The van der Waals surface area contributed by atoms with E-state index in [1.807, 2.05) is 39.8 Å². The zero-order valence-corrected chi connectivity index (χ0v) is 26.3. The number of carbonyl (C=O) groups is 3. The lowest BCUT2D eigenvalue weighted by atomic mass is 9.90. The average molecular weight is 618 g/mol. The average Bonchev–Trinajstić information content (AvgIpc) is 3.37. The van der Waals surface area contributed by atoms with E-state index in [1.165, 1.54) is 35.7 Å². The summed E-state index contributed by atoms with van der Waals surface area (Å²) in [6.07, 6.45) is 5.21. The molecule has 2 heterocycles. The number of rotatable bonds is 12. The summed E-state index contributed by atoms with van der Waals surface area (Å²) in [5.41, 5.74) is -1.04. The Kier molecular flexibility index (Phi) is 16.5. The molecule has 11 heteroatoms. The molecule has 0 bridgehead atoms. The van der Waals surface area contributed by atoms with Crippen molar-refractivity contribution in [1.29, 1.82) is 0 Å². The molecular weight excluding hydrogens is 577 g/mol. The van der Waals surface area contributed by atoms with Crippen molar-refractivity contribution in [3.63, 3.8) is 0 Å². The van der Waals surface area contributed by atoms with Gasteiger partial charge in [-0.05, 0) is 68.3 Å². The van der Waals surface area contributed by atoms with Gasteiger partial charge in [-0.3, -0.25) is 14.4 Å². The van der Waals surface area contributed by atoms with Crippen LogP contribution in [0.1, 0.15) is 77.8 Å². The zero-order valence-electron chi connectivity index (χ0n) is 25.5. The molecule has 43 heavy (non-hydrogen) atoms. The first-order valence-corrected chi connectivity index (χ1v) is 14.4. The number of halogens is 1. The van der Waals surface area contributed by atoms with Crippen LogP contribution in [0.15, 0.2) is 64.0 Å². The number of aryl methyl sites for hydroxylation is 1. The SMILES string of the molecule is CC(CC/C=C/NC=O)c1cc(O)c(C(=O)C(C)C(C)C)c(=O)o1.COC.Cc1ccc(Oc2ccc(C(=O)F)cc2)s1. The number of methoxy groups -OCH3 is 1. The van der Waals surface area contributed by atoms with Gasteiger partial charge in [-0.15, -0.1) is 11.3 Å². The van der Waals surface area contributed by atoms with Crippen molar-refractivity contribution in [2.75, 3.05) is 14.2 Å². The van der Waals surface area contributed by atoms with E-state index < -0.39 is 17.4 Å². The number of hydrogen-bond donors (Lipinski definition) is 2. The van der Waals surface area contributed by atoms with Gasteiger partial charge in [-0.25, -0.2) is 4.79 Å². The number of Topliss-reactive ketones (excluding diaryl/α,β-unsaturated/α-hetero) is 1. The normalized spacial score (nSPS) is 11.9. The number of aromatic hydroxyl groups is 1. The highest BCUT2D eigenvalue weighted by molar-refractivity contribution is 7.13. The molecule has 0 spiro atoms. The van der Waals surface area contributed by atoms with Crippen molar-refractivity contribution in [1.82, 2.24) is 5.32 Å². The predicted molar refractivity (Wildman–Crippen MR) is 165 cm³/mol. The maximum Gasteiger partial charge on any atom is 0.350 e. The Labute approximate surface area is 255 Å². The number of allylic oxidation sites excluding steroid dienone is 1. The molecule has 0 saturated carbocycles. The summed E-state index contributed by atoms with van der Waals surface area (Å²) in [4.78, 5) is 46.1. The van der Waals surface area contributed by atoms with Crippen molar-refractivity contribution < 1.29 is 37.8 Å². The van der Waals surface area contributed by atoms with Crippen LogP contribution in [-0.4, -0.2) is 37.6 Å². The Morgan fingerprint density at radius 1 is 1.09 bits per heavy atom. The number of thiophene rings is 1. The molecule has 0 aliphatic rings. The Morgan fingerprint density at radius 2 is 1.72 bits per heavy atom. The molecule has 1 aromatic carbocycles. The van der Waals surface area contributed by atoms with E-state index in [2.05, 4.69) is 10.1 Å². The summed E-state index contributed by atoms with van der Waals surface area (Å²) in [7, 11) is 3.25. The number of benzene rings is 1. The van der Waals surface area contributed by atoms with Crippen molar-refractivity contribution >= 4 is 29.6 Å². The van der Waals surface area contributed by atoms with Gasteiger partial charge in [0, 0.05) is 37.0 Å². The van der Waals surface area contributed by atoms with Crippen LogP contribution in [0, 0.1) is 18.8 Å². The van der Waals surface area contributed by atoms with Gasteiger partial charge in [0.25, 0.3) is 0 Å². The maximum atomic E-state index is 12.3. The second kappa shape index (κ2) is 19.2. The van der Waals surface area contributed by atoms with E-state index in [9.17, 15) is 28.7 Å². The predicted octanol–water partition coefficient (Wildman–Crippen LogP) is 7.18. The first kappa shape index (κ1) is 36.9. The summed E-state index contributed by atoms with van der Waals surface area (Å²) in [6, 6.07) is 9.69. The number of nitrogens with one attached hydrogen (secondary N) is 1. The lowest BCUT2D eigenvalue weighted by molar-refractivity contribution is -0.108. The second-order valence-corrected chi connectivity index (χ2v) is 11.2. The summed E-state index contributed by atoms with van der Waals surface area (Å²) < 4.78 is 27.3. The molecule has 2 N–H and O–H groups in total. The van der Waals surface area contributed by atoms with Crippen molar-refractivity contribution in [2.24, 2.45) is 11.8 Å². The summed E-state index contributed by atoms with van der Waals surface area (Å²) >= 11 is 1.53. The highest BCUT2D eigenvalue weighted by atomic mass is 32.1. The van der Waals surface area contributed by atoms with E-state index in [0.717, 1.165) is 9.94 Å². The standard InChI is InChI=1S/C18H25NO5.C12H9FO2S.C2H6O/c1-11(2)13(4)17(22)16-14(21)9-15(24-18(16)23)12(3)7-5-6-8-19-10-20;1-8-2-7-11(16-8)15-10-5-3-9(4-6-10)12(13)14;1-3-2/h6,8-13,21H,5,7H2,1-4H3,(H,19,20);2-7H,1H3;1-2H3/b8-6+;;. The molecule has 0 aliphatic carbocycles. The van der Waals surface area contributed by atoms with Gasteiger partial charge in [-0.1, -0.05) is 33.8 Å². The van der Waals surface area contributed by atoms with E-state index in [-0.39, 0.29) is 34.6 Å². The minimum absolute atomic E-state index is 0.0368. The van der Waals surface area contributed by atoms with Gasteiger partial charge in [0.15, 0.2) is 10.8 Å². The number of amides is 1. The topological polar surface area (TPSA) is 132 Å². The van der Waals surface area contributed by atoms with E-state index >= 15 is 0 Å². The Morgan fingerprint density at radius 3 is 2.21 bits per heavy atom. The first-order chi connectivity index (χ1) is 20.4. The lowest BCUT2D eigenvalue weighted by Crippen LogP contribution is -2.24. The van der Waals surface area contributed by atoms with E-state index in [4.69, 9.17) is 9.15 Å². The molecule has 0 radical (unpaired) electrons. The third-order valence-corrected chi connectivity index (χ3v) is 7.04. The van der Waals surface area contributed by atoms with Crippen molar-refractivity contribution in [3.05, 3.63) is 86.9 Å². The molecule has 2 atom stereocenters. The maximum absolute atomic E-state index is 12.3. The Bertz CT molecular complexity index is 1400. The summed E-state index contributed by atoms with van der Waals surface area (Å²) in [6.45, 7) is 9.33. The molecule has 2 aromatic heterocycles. The fourth-order valence-corrected chi connectivity index (χ4v) is 4.14. The van der Waals surface area contributed by atoms with Gasteiger partial charge < -0.3 is 24.3 Å². The van der Waals surface area contributed by atoms with Crippen LogP contribution in [0.5, 0.6) is 16.6 Å². The highest BCUT2D eigenvalue weighted by Crippen LogP contribution is 2.29. The van der Waals surface area contributed by atoms with Crippen molar-refractivity contribution in [2.45, 2.75) is 53.4 Å². The van der Waals surface area contributed by atoms with Crippen molar-refractivity contribution in [3.8, 4) is 16.6 Å². The van der Waals surface area contributed by atoms with Crippen LogP contribution in [0.3, 0.4) is 0 Å². The third kappa shape index (κ3) is 12.8. The summed E-state index contributed by atoms with van der Waals surface area (Å²) in [5, 5.41) is 13.3. The van der Waals surface area contributed by atoms with Crippen LogP contribution in [0.4, 0.5) is 4.39 Å². The lowest BCUT2D eigenvalue weighted by Gasteiger charge is -2.15. The van der Waals surface area contributed by atoms with Crippen LogP contribution >= 0.6 is 11.3 Å². The molecule has 234 valence electrons. The second-order valence-electron chi connectivity index (χ2n) is 9.93. The first-order valence-electron chi connectivity index (χ1n) is 13.6. The minimum atomic E-state index is -1.43. The zero-order chi connectivity index (χ0) is 32.5. The van der Waals surface area contributed by atoms with Crippen LogP contribution < -0.4 is 15.7 Å². The molecular formula is C32H40FNO8S. The van der Waals surface area contributed by atoms with Gasteiger partial charge in [0.1, 0.15) is 22.8 Å². The summed E-state index contributed by atoms with van der Waals surface area (Å²) in [5.74, 6) is -0.243. The minimum Gasteiger partial charge on any atom is -0.507 e. The molecule has 9 nitrogen and oxygen atoms in total.